The van der Waals surface area contributed by atoms with Gasteiger partial charge in [0.2, 0.25) is 0 Å². The molecule has 0 fully saturated rings. The fourth-order valence-corrected chi connectivity index (χ4v) is 1.81. The first-order chi connectivity index (χ1) is 11.3. The number of ether oxygens (including phenoxy) is 2. The van der Waals surface area contributed by atoms with Crippen molar-refractivity contribution in [2.45, 2.75) is 13.8 Å². The third-order valence-electron chi connectivity index (χ3n) is 3.15. The molecule has 10 heteroatoms. The Morgan fingerprint density at radius 1 is 1.21 bits per heavy atom. The van der Waals surface area contributed by atoms with Crippen molar-refractivity contribution in [2.24, 2.45) is 22.0 Å². The lowest BCUT2D eigenvalue weighted by molar-refractivity contribution is -0.402. The molecule has 0 aliphatic carbocycles. The molecule has 24 heavy (non-hydrogen) atoms. The first kappa shape index (κ1) is 19.0. The second-order valence-electron chi connectivity index (χ2n) is 4.69. The highest BCUT2D eigenvalue weighted by Crippen LogP contribution is 2.15. The summed E-state index contributed by atoms with van der Waals surface area (Å²) in [5, 5.41) is 18.1. The van der Waals surface area contributed by atoms with Gasteiger partial charge in [0, 0.05) is 0 Å². The van der Waals surface area contributed by atoms with Crippen LogP contribution in [0.3, 0.4) is 0 Å². The van der Waals surface area contributed by atoms with Crippen LogP contribution in [0.4, 0.5) is 5.88 Å². The predicted molar refractivity (Wildman–Crippen MR) is 82.8 cm³/mol. The number of carbonyl (C=O) groups is 2. The quantitative estimate of drug-likeness (QED) is 0.318. The second kappa shape index (κ2) is 8.56. The van der Waals surface area contributed by atoms with Crippen molar-refractivity contribution in [3.8, 4) is 0 Å². The van der Waals surface area contributed by atoms with Crippen molar-refractivity contribution in [2.75, 3.05) is 14.2 Å². The zero-order valence-electron chi connectivity index (χ0n) is 13.6. The normalized spacial score (nSPS) is 13.2. The molecule has 0 aliphatic rings. The molecule has 1 aromatic heterocycles. The van der Waals surface area contributed by atoms with Crippen molar-refractivity contribution >= 4 is 29.7 Å². The lowest BCUT2D eigenvalue weighted by atomic mass is 9.94. The summed E-state index contributed by atoms with van der Waals surface area (Å²) in [7, 11) is 2.43. The minimum Gasteiger partial charge on any atom is -0.469 e. The average molecular weight is 339 g/mol. The minimum atomic E-state index is -0.827. The van der Waals surface area contributed by atoms with Gasteiger partial charge in [-0.25, -0.2) is 0 Å². The van der Waals surface area contributed by atoms with Crippen molar-refractivity contribution in [3.63, 3.8) is 0 Å². The summed E-state index contributed by atoms with van der Waals surface area (Å²) in [5.41, 5.74) is 0.131. The molecule has 0 radical (unpaired) electrons. The number of esters is 2. The van der Waals surface area contributed by atoms with Gasteiger partial charge in [-0.1, -0.05) is 0 Å². The van der Waals surface area contributed by atoms with Gasteiger partial charge in [0.15, 0.2) is 5.76 Å². The van der Waals surface area contributed by atoms with Crippen LogP contribution in [0.2, 0.25) is 0 Å². The fourth-order valence-electron chi connectivity index (χ4n) is 1.81. The highest BCUT2D eigenvalue weighted by Gasteiger charge is 2.30. The summed E-state index contributed by atoms with van der Waals surface area (Å²) in [6.07, 6.45) is 1.13. The Morgan fingerprint density at radius 3 is 2.17 bits per heavy atom. The average Bonchev–Trinajstić information content (AvgIpc) is 3.05. The summed E-state index contributed by atoms with van der Waals surface area (Å²) in [6, 6.07) is 2.50. The van der Waals surface area contributed by atoms with Crippen molar-refractivity contribution < 1.29 is 28.4 Å². The van der Waals surface area contributed by atoms with Gasteiger partial charge in [-0.3, -0.25) is 19.7 Å². The molecule has 0 saturated carbocycles. The number of methoxy groups -OCH3 is 2. The highest BCUT2D eigenvalue weighted by atomic mass is 16.6. The SMILES string of the molecule is COC(=O)C(C)C(=N/N=C/c1ccc([N+](=O)[O-])o1)C(C)C(=O)OC. The van der Waals surface area contributed by atoms with E-state index in [2.05, 4.69) is 19.7 Å². The number of furan rings is 1. The maximum absolute atomic E-state index is 11.7. The number of carbonyl (C=O) groups excluding carboxylic acids is 2. The molecule has 2 unspecified atom stereocenters. The Bertz CT molecular complexity index is 654. The smallest absolute Gasteiger partial charge is 0.433 e. The molecule has 0 amide bonds. The van der Waals surface area contributed by atoms with E-state index in [1.54, 1.807) is 0 Å². The van der Waals surface area contributed by atoms with Gasteiger partial charge in [-0.05, 0) is 19.9 Å². The maximum Gasteiger partial charge on any atom is 0.433 e. The van der Waals surface area contributed by atoms with E-state index in [0.717, 1.165) is 6.21 Å². The zero-order chi connectivity index (χ0) is 18.3. The summed E-state index contributed by atoms with van der Waals surface area (Å²) < 4.78 is 14.2. The van der Waals surface area contributed by atoms with Crippen LogP contribution in [0.5, 0.6) is 0 Å². The molecule has 2 atom stereocenters. The van der Waals surface area contributed by atoms with Crippen molar-refractivity contribution in [3.05, 3.63) is 28.0 Å². The first-order valence-corrected chi connectivity index (χ1v) is 6.82. The first-order valence-electron chi connectivity index (χ1n) is 6.82. The van der Waals surface area contributed by atoms with Gasteiger partial charge < -0.3 is 13.9 Å². The van der Waals surface area contributed by atoms with Crippen molar-refractivity contribution in [1.29, 1.82) is 0 Å². The molecule has 0 aromatic carbocycles. The van der Waals surface area contributed by atoms with Crippen LogP contribution >= 0.6 is 0 Å². The molecule has 130 valence electrons. The third-order valence-corrected chi connectivity index (χ3v) is 3.15. The Hall–Kier alpha value is -3.04. The highest BCUT2D eigenvalue weighted by molar-refractivity contribution is 6.10. The Morgan fingerprint density at radius 2 is 1.75 bits per heavy atom. The van der Waals surface area contributed by atoms with E-state index < -0.39 is 34.6 Å². The number of hydrogen-bond acceptors (Lipinski definition) is 9. The van der Waals surface area contributed by atoms with Crippen LogP contribution in [0.15, 0.2) is 26.8 Å². The van der Waals surface area contributed by atoms with Crippen LogP contribution < -0.4 is 0 Å². The number of hydrogen-bond donors (Lipinski definition) is 0. The molecule has 0 saturated heterocycles. The number of nitro groups is 1. The molecule has 1 heterocycles. The van der Waals surface area contributed by atoms with Gasteiger partial charge in [-0.2, -0.15) is 10.2 Å². The Labute approximate surface area is 137 Å². The van der Waals surface area contributed by atoms with Crippen LogP contribution in [-0.2, 0) is 19.1 Å². The van der Waals surface area contributed by atoms with E-state index in [-0.39, 0.29) is 11.5 Å². The van der Waals surface area contributed by atoms with Crippen LogP contribution in [-0.4, -0.2) is 43.0 Å². The van der Waals surface area contributed by atoms with Gasteiger partial charge in [0.05, 0.1) is 44.0 Å². The van der Waals surface area contributed by atoms with Crippen LogP contribution in [0, 0.1) is 22.0 Å². The van der Waals surface area contributed by atoms with Crippen molar-refractivity contribution in [1.82, 2.24) is 0 Å². The van der Waals surface area contributed by atoms with Gasteiger partial charge in [-0.15, -0.1) is 0 Å². The number of rotatable bonds is 7. The topological polar surface area (TPSA) is 134 Å². The molecule has 0 N–H and O–H groups in total. The lowest BCUT2D eigenvalue weighted by Gasteiger charge is -2.16. The molecule has 1 aromatic rings. The molecule has 10 nitrogen and oxygen atoms in total. The zero-order valence-corrected chi connectivity index (χ0v) is 13.6. The number of nitrogens with zero attached hydrogens (tertiary/aromatic N) is 3. The predicted octanol–water partition coefficient (Wildman–Crippen LogP) is 1.58. The monoisotopic (exact) mass is 339 g/mol. The van der Waals surface area contributed by atoms with E-state index in [1.165, 1.54) is 40.2 Å². The molecular weight excluding hydrogens is 322 g/mol. The summed E-state index contributed by atoms with van der Waals surface area (Å²) in [5.74, 6) is -3.17. The van der Waals surface area contributed by atoms with Gasteiger partial charge in [0.1, 0.15) is 4.92 Å². The van der Waals surface area contributed by atoms with Gasteiger partial charge in [0.25, 0.3) is 0 Å². The molecule has 0 aliphatic heterocycles. The van der Waals surface area contributed by atoms with E-state index in [4.69, 9.17) is 4.42 Å². The molecular formula is C14H17N3O7. The standard InChI is InChI=1S/C14H17N3O7/c1-8(13(18)22-3)12(9(2)14(19)23-4)16-15-7-10-5-6-11(24-10)17(20)21/h5-9H,1-4H3/b15-7+,16-12?. The third kappa shape index (κ3) is 4.73. The Kier molecular flexibility index (Phi) is 6.78. The summed E-state index contributed by atoms with van der Waals surface area (Å²) in [6.45, 7) is 3.02. The fraction of sp³-hybridized carbons (Fsp3) is 0.429. The summed E-state index contributed by atoms with van der Waals surface area (Å²) in [4.78, 5) is 33.2. The van der Waals surface area contributed by atoms with E-state index in [1.807, 2.05) is 0 Å². The second-order valence-corrected chi connectivity index (χ2v) is 4.69. The minimum absolute atomic E-state index is 0.0984. The molecule has 1 rings (SSSR count). The molecule has 0 bridgehead atoms. The van der Waals surface area contributed by atoms with Gasteiger partial charge >= 0.3 is 17.8 Å². The summed E-state index contributed by atoms with van der Waals surface area (Å²) >= 11 is 0. The largest absolute Gasteiger partial charge is 0.469 e. The maximum atomic E-state index is 11.7. The van der Waals surface area contributed by atoms with Crippen LogP contribution in [0.25, 0.3) is 0 Å². The van der Waals surface area contributed by atoms with Crippen LogP contribution in [0.1, 0.15) is 19.6 Å². The Balaban J connectivity index is 3.05. The molecule has 0 spiro atoms. The van der Waals surface area contributed by atoms with E-state index in [9.17, 15) is 19.7 Å². The lowest BCUT2D eigenvalue weighted by Crippen LogP contribution is -2.32. The van der Waals surface area contributed by atoms with E-state index in [0.29, 0.717) is 0 Å². The van der Waals surface area contributed by atoms with E-state index >= 15 is 0 Å².